The predicted octanol–water partition coefficient (Wildman–Crippen LogP) is 2.62. The van der Waals surface area contributed by atoms with Gasteiger partial charge in [0.25, 0.3) is 0 Å². The Kier molecular flexibility index (Phi) is 3.62. The first-order chi connectivity index (χ1) is 8.58. The van der Waals surface area contributed by atoms with E-state index in [1.807, 2.05) is 29.6 Å². The zero-order chi connectivity index (χ0) is 13.1. The quantitative estimate of drug-likeness (QED) is 0.870. The van der Waals surface area contributed by atoms with Crippen LogP contribution < -0.4 is 0 Å². The van der Waals surface area contributed by atoms with Crippen molar-refractivity contribution in [2.45, 2.75) is 12.8 Å². The highest BCUT2D eigenvalue weighted by atomic mass is 32.1. The monoisotopic (exact) mass is 264 g/mol. The molecule has 1 aromatic heterocycles. The second kappa shape index (κ2) is 5.18. The molecule has 18 heavy (non-hydrogen) atoms. The first-order valence-electron chi connectivity index (χ1n) is 5.47. The number of benzene rings is 1. The van der Waals surface area contributed by atoms with Gasteiger partial charge in [-0.05, 0) is 28.8 Å². The average molecular weight is 264 g/mol. The molecule has 0 saturated carbocycles. The molecule has 0 aliphatic rings. The molecule has 0 amide bonds. The molecule has 0 bridgehead atoms. The number of aliphatic carboxylic acids is 2. The van der Waals surface area contributed by atoms with Gasteiger partial charge in [-0.15, -0.1) is 11.3 Å². The van der Waals surface area contributed by atoms with Crippen LogP contribution in [0.4, 0.5) is 0 Å². The fraction of sp³-hybridized carbons (Fsp3) is 0.231. The third-order valence-corrected chi connectivity index (χ3v) is 3.81. The molecule has 0 aliphatic heterocycles. The molecule has 2 rings (SSSR count). The van der Waals surface area contributed by atoms with Crippen molar-refractivity contribution in [2.75, 3.05) is 0 Å². The van der Waals surface area contributed by atoms with Crippen molar-refractivity contribution in [3.8, 4) is 0 Å². The Labute approximate surface area is 107 Å². The van der Waals surface area contributed by atoms with Crippen LogP contribution in [0, 0.1) is 5.92 Å². The summed E-state index contributed by atoms with van der Waals surface area (Å²) in [4.78, 5) is 21.7. The molecule has 1 heterocycles. The van der Waals surface area contributed by atoms with E-state index in [1.165, 1.54) is 0 Å². The summed E-state index contributed by atoms with van der Waals surface area (Å²) in [6.45, 7) is 0. The third-order valence-electron chi connectivity index (χ3n) is 2.80. The highest BCUT2D eigenvalue weighted by Gasteiger charge is 2.22. The van der Waals surface area contributed by atoms with E-state index in [1.54, 1.807) is 11.3 Å². The second-order valence-electron chi connectivity index (χ2n) is 4.09. The summed E-state index contributed by atoms with van der Waals surface area (Å²) >= 11 is 1.55. The van der Waals surface area contributed by atoms with Gasteiger partial charge < -0.3 is 10.2 Å². The molecule has 4 nitrogen and oxygen atoms in total. The largest absolute Gasteiger partial charge is 0.481 e. The van der Waals surface area contributed by atoms with Crippen molar-refractivity contribution in [3.63, 3.8) is 0 Å². The Balaban J connectivity index is 2.26. The molecule has 2 N–H and O–H groups in total. The second-order valence-corrected chi connectivity index (χ2v) is 5.01. The minimum Gasteiger partial charge on any atom is -0.481 e. The summed E-state index contributed by atoms with van der Waals surface area (Å²) in [7, 11) is 0. The number of carboxylic acid groups (broad SMARTS) is 2. The normalized spacial score (nSPS) is 12.4. The van der Waals surface area contributed by atoms with Crippen LogP contribution in [-0.4, -0.2) is 22.2 Å². The smallest absolute Gasteiger partial charge is 0.307 e. The molecule has 0 aliphatic carbocycles. The minimum atomic E-state index is -1.08. The summed E-state index contributed by atoms with van der Waals surface area (Å²) < 4.78 is 1.09. The van der Waals surface area contributed by atoms with E-state index in [9.17, 15) is 9.59 Å². The summed E-state index contributed by atoms with van der Waals surface area (Å²) in [5.41, 5.74) is 0.907. The fourth-order valence-corrected chi connectivity index (χ4v) is 2.89. The van der Waals surface area contributed by atoms with Gasteiger partial charge in [-0.3, -0.25) is 9.59 Å². The van der Waals surface area contributed by atoms with E-state index in [0.29, 0.717) is 0 Å². The molecule has 0 spiro atoms. The lowest BCUT2D eigenvalue weighted by molar-refractivity contribution is -0.148. The standard InChI is InChI=1S/C13H12O4S/c14-12(15)6-8(13(16)17)5-9-7-18-11-4-2-1-3-10(9)11/h1-4,7-8H,5-6H2,(H,14,15)(H,16,17). The molecular formula is C13H12O4S. The van der Waals surface area contributed by atoms with Crippen molar-refractivity contribution in [3.05, 3.63) is 35.2 Å². The first-order valence-corrected chi connectivity index (χ1v) is 6.35. The highest BCUT2D eigenvalue weighted by Crippen LogP contribution is 2.28. The number of hydrogen-bond acceptors (Lipinski definition) is 3. The van der Waals surface area contributed by atoms with Crippen LogP contribution in [0.3, 0.4) is 0 Å². The van der Waals surface area contributed by atoms with E-state index in [0.717, 1.165) is 15.6 Å². The van der Waals surface area contributed by atoms with Gasteiger partial charge in [0.05, 0.1) is 12.3 Å². The number of thiophene rings is 1. The van der Waals surface area contributed by atoms with Gasteiger partial charge in [-0.25, -0.2) is 0 Å². The predicted molar refractivity (Wildman–Crippen MR) is 68.9 cm³/mol. The van der Waals surface area contributed by atoms with Crippen LogP contribution >= 0.6 is 11.3 Å². The zero-order valence-corrected chi connectivity index (χ0v) is 10.3. The third kappa shape index (κ3) is 2.68. The summed E-state index contributed by atoms with van der Waals surface area (Å²) in [6, 6.07) is 7.72. The Hall–Kier alpha value is -1.88. The van der Waals surface area contributed by atoms with Crippen molar-refractivity contribution < 1.29 is 19.8 Å². The zero-order valence-electron chi connectivity index (χ0n) is 9.50. The van der Waals surface area contributed by atoms with Crippen LogP contribution in [0.2, 0.25) is 0 Å². The molecule has 0 radical (unpaired) electrons. The van der Waals surface area contributed by atoms with Crippen LogP contribution in [0.15, 0.2) is 29.6 Å². The van der Waals surface area contributed by atoms with Gasteiger partial charge in [0.15, 0.2) is 0 Å². The van der Waals surface area contributed by atoms with Gasteiger partial charge in [0, 0.05) is 4.70 Å². The van der Waals surface area contributed by atoms with Crippen molar-refractivity contribution >= 4 is 33.4 Å². The molecule has 1 unspecified atom stereocenters. The van der Waals surface area contributed by atoms with E-state index in [-0.39, 0.29) is 12.8 Å². The molecule has 1 aromatic carbocycles. The molecule has 94 valence electrons. The van der Waals surface area contributed by atoms with Crippen molar-refractivity contribution in [2.24, 2.45) is 5.92 Å². The molecule has 1 atom stereocenters. The maximum atomic E-state index is 11.0. The van der Waals surface area contributed by atoms with Crippen molar-refractivity contribution in [1.29, 1.82) is 0 Å². The first kappa shape index (κ1) is 12.6. The van der Waals surface area contributed by atoms with Gasteiger partial charge in [0.1, 0.15) is 0 Å². The summed E-state index contributed by atoms with van der Waals surface area (Å²) in [6.07, 6.45) is -0.0921. The molecule has 2 aromatic rings. The van der Waals surface area contributed by atoms with Crippen LogP contribution in [0.1, 0.15) is 12.0 Å². The van der Waals surface area contributed by atoms with Crippen molar-refractivity contribution in [1.82, 2.24) is 0 Å². The van der Waals surface area contributed by atoms with E-state index in [2.05, 4.69) is 0 Å². The van der Waals surface area contributed by atoms with E-state index < -0.39 is 17.9 Å². The number of carboxylic acids is 2. The van der Waals surface area contributed by atoms with E-state index in [4.69, 9.17) is 10.2 Å². The lowest BCUT2D eigenvalue weighted by Crippen LogP contribution is -2.20. The number of rotatable bonds is 5. The highest BCUT2D eigenvalue weighted by molar-refractivity contribution is 7.17. The number of fused-ring (bicyclic) bond motifs is 1. The summed E-state index contributed by atoms with van der Waals surface area (Å²) in [5, 5.41) is 20.7. The van der Waals surface area contributed by atoms with Gasteiger partial charge >= 0.3 is 11.9 Å². The topological polar surface area (TPSA) is 74.6 Å². The summed E-state index contributed by atoms with van der Waals surface area (Å²) in [5.74, 6) is -3.02. The van der Waals surface area contributed by atoms with Crippen LogP contribution in [-0.2, 0) is 16.0 Å². The molecule has 5 heteroatoms. The Morgan fingerprint density at radius 2 is 1.94 bits per heavy atom. The molecular weight excluding hydrogens is 252 g/mol. The Bertz CT molecular complexity index is 587. The average Bonchev–Trinajstić information content (AvgIpc) is 2.71. The maximum absolute atomic E-state index is 11.0. The maximum Gasteiger partial charge on any atom is 0.307 e. The SMILES string of the molecule is O=C(O)CC(Cc1csc2ccccc12)C(=O)O. The van der Waals surface area contributed by atoms with Crippen LogP contribution in [0.25, 0.3) is 10.1 Å². The number of carbonyl (C=O) groups is 2. The lowest BCUT2D eigenvalue weighted by atomic mass is 9.96. The van der Waals surface area contributed by atoms with Gasteiger partial charge in [-0.1, -0.05) is 18.2 Å². The number of hydrogen-bond donors (Lipinski definition) is 2. The van der Waals surface area contributed by atoms with Gasteiger partial charge in [0.2, 0.25) is 0 Å². The van der Waals surface area contributed by atoms with Gasteiger partial charge in [-0.2, -0.15) is 0 Å². The van der Waals surface area contributed by atoms with E-state index >= 15 is 0 Å². The Morgan fingerprint density at radius 1 is 1.22 bits per heavy atom. The lowest BCUT2D eigenvalue weighted by Gasteiger charge is -2.08. The fourth-order valence-electron chi connectivity index (χ4n) is 1.91. The Morgan fingerprint density at radius 3 is 2.61 bits per heavy atom. The van der Waals surface area contributed by atoms with Crippen LogP contribution in [0.5, 0.6) is 0 Å². The minimum absolute atomic E-state index is 0.256. The molecule has 0 fully saturated rings. The molecule has 0 saturated heterocycles.